The Kier molecular flexibility index (Phi) is 6.05. The van der Waals surface area contributed by atoms with Crippen molar-refractivity contribution < 1.29 is 37.0 Å². The molecule has 0 aliphatic carbocycles. The second-order valence-corrected chi connectivity index (χ2v) is 7.65. The zero-order valence-electron chi connectivity index (χ0n) is 16.5. The van der Waals surface area contributed by atoms with Crippen molar-refractivity contribution in [2.45, 2.75) is 32.9 Å². The molecule has 11 heteroatoms. The second-order valence-electron chi connectivity index (χ2n) is 7.65. The second kappa shape index (κ2) is 8.40. The lowest BCUT2D eigenvalue weighted by Crippen LogP contribution is -2.46. The lowest BCUT2D eigenvalue weighted by Gasteiger charge is -2.33. The number of pyridine rings is 1. The van der Waals surface area contributed by atoms with Gasteiger partial charge in [0.25, 0.3) is 0 Å². The standard InChI is InChI=1S/C20H19F4N3O4/c1-20(2)6-8-27(13-4-3-11(21)14(22)15(13)31-19(23)24)16(20)17(28)26-10-5-7-25-12(9-10)18(29)30/h3-5,7,9,16,19H,6,8H2,1-2H3,(H,29,30)(H,25,26,28). The van der Waals surface area contributed by atoms with Gasteiger partial charge in [0.15, 0.2) is 11.6 Å². The molecule has 1 aliphatic heterocycles. The minimum Gasteiger partial charge on any atom is -0.477 e. The van der Waals surface area contributed by atoms with Gasteiger partial charge in [-0.25, -0.2) is 14.2 Å². The Balaban J connectivity index is 1.97. The summed E-state index contributed by atoms with van der Waals surface area (Å²) in [5, 5.41) is 11.6. The van der Waals surface area contributed by atoms with Gasteiger partial charge in [-0.15, -0.1) is 0 Å². The van der Waals surface area contributed by atoms with Gasteiger partial charge >= 0.3 is 12.6 Å². The van der Waals surface area contributed by atoms with Crippen LogP contribution >= 0.6 is 0 Å². The van der Waals surface area contributed by atoms with Crippen LogP contribution in [0, 0.1) is 17.0 Å². The highest BCUT2D eigenvalue weighted by Gasteiger charge is 2.46. The van der Waals surface area contributed by atoms with E-state index in [1.807, 2.05) is 0 Å². The molecule has 2 heterocycles. The van der Waals surface area contributed by atoms with E-state index in [-0.39, 0.29) is 23.6 Å². The summed E-state index contributed by atoms with van der Waals surface area (Å²) in [5.41, 5.74) is -0.992. The number of nitrogens with one attached hydrogen (secondary N) is 1. The molecule has 3 rings (SSSR count). The Labute approximate surface area is 174 Å². The fourth-order valence-corrected chi connectivity index (χ4v) is 3.64. The third kappa shape index (κ3) is 4.54. The Morgan fingerprint density at radius 3 is 2.65 bits per heavy atom. The number of anilines is 2. The molecule has 1 amide bonds. The first kappa shape index (κ1) is 22.3. The van der Waals surface area contributed by atoms with E-state index in [2.05, 4.69) is 15.0 Å². The van der Waals surface area contributed by atoms with Gasteiger partial charge in [-0.05, 0) is 36.1 Å². The normalized spacial score (nSPS) is 17.6. The van der Waals surface area contributed by atoms with E-state index < -0.39 is 47.3 Å². The lowest BCUT2D eigenvalue weighted by molar-refractivity contribution is -0.119. The average Bonchev–Trinajstić information content (AvgIpc) is 3.00. The number of hydrogen-bond donors (Lipinski definition) is 2. The molecular weight excluding hydrogens is 422 g/mol. The van der Waals surface area contributed by atoms with Crippen molar-refractivity contribution in [1.29, 1.82) is 0 Å². The quantitative estimate of drug-likeness (QED) is 0.661. The summed E-state index contributed by atoms with van der Waals surface area (Å²) in [6, 6.07) is 3.42. The molecule has 1 aromatic heterocycles. The Morgan fingerprint density at radius 2 is 2.00 bits per heavy atom. The average molecular weight is 441 g/mol. The van der Waals surface area contributed by atoms with Crippen LogP contribution < -0.4 is 15.0 Å². The molecule has 1 fully saturated rings. The van der Waals surface area contributed by atoms with Crippen LogP contribution in [0.1, 0.15) is 30.8 Å². The van der Waals surface area contributed by atoms with Crippen LogP contribution in [0.3, 0.4) is 0 Å². The maximum absolute atomic E-state index is 14.2. The number of carboxylic acid groups (broad SMARTS) is 1. The van der Waals surface area contributed by atoms with Crippen molar-refractivity contribution >= 4 is 23.3 Å². The highest BCUT2D eigenvalue weighted by atomic mass is 19.3. The molecule has 1 unspecified atom stereocenters. The van der Waals surface area contributed by atoms with E-state index in [0.717, 1.165) is 18.2 Å². The van der Waals surface area contributed by atoms with Crippen LogP contribution in [0.5, 0.6) is 5.75 Å². The molecule has 166 valence electrons. The van der Waals surface area contributed by atoms with E-state index in [9.17, 15) is 27.2 Å². The van der Waals surface area contributed by atoms with Crippen LogP contribution in [0.4, 0.5) is 28.9 Å². The highest BCUT2D eigenvalue weighted by molar-refractivity contribution is 5.99. The molecule has 31 heavy (non-hydrogen) atoms. The molecule has 0 bridgehead atoms. The first-order chi connectivity index (χ1) is 14.5. The molecule has 7 nitrogen and oxygen atoms in total. The Hall–Kier alpha value is -3.37. The summed E-state index contributed by atoms with van der Waals surface area (Å²) < 4.78 is 57.8. The van der Waals surface area contributed by atoms with Crippen LogP contribution in [-0.2, 0) is 4.79 Å². The molecule has 2 N–H and O–H groups in total. The van der Waals surface area contributed by atoms with Gasteiger partial charge in [0.2, 0.25) is 11.7 Å². The Bertz CT molecular complexity index is 1020. The molecule has 0 radical (unpaired) electrons. The van der Waals surface area contributed by atoms with E-state index >= 15 is 0 Å². The van der Waals surface area contributed by atoms with Crippen molar-refractivity contribution in [3.63, 3.8) is 0 Å². The maximum Gasteiger partial charge on any atom is 0.387 e. The minimum absolute atomic E-state index is 0.161. The van der Waals surface area contributed by atoms with Crippen LogP contribution in [0.15, 0.2) is 30.5 Å². The van der Waals surface area contributed by atoms with Gasteiger partial charge in [-0.3, -0.25) is 4.79 Å². The molecular formula is C20H19F4N3O4. The summed E-state index contributed by atoms with van der Waals surface area (Å²) in [4.78, 5) is 29.2. The number of nitrogens with zero attached hydrogens (tertiary/aromatic N) is 2. The molecule has 1 aromatic carbocycles. The predicted molar refractivity (Wildman–Crippen MR) is 102 cm³/mol. The monoisotopic (exact) mass is 441 g/mol. The number of amides is 1. The maximum atomic E-state index is 14.2. The zero-order chi connectivity index (χ0) is 22.9. The lowest BCUT2D eigenvalue weighted by atomic mass is 9.84. The number of carbonyl (C=O) groups is 2. The van der Waals surface area contributed by atoms with Crippen molar-refractivity contribution in [1.82, 2.24) is 4.98 Å². The first-order valence-electron chi connectivity index (χ1n) is 9.21. The first-order valence-corrected chi connectivity index (χ1v) is 9.21. The number of carbonyl (C=O) groups excluding carboxylic acids is 1. The number of aromatic nitrogens is 1. The van der Waals surface area contributed by atoms with E-state index in [1.165, 1.54) is 17.2 Å². The molecule has 1 aliphatic rings. The molecule has 0 spiro atoms. The fourth-order valence-electron chi connectivity index (χ4n) is 3.64. The topological polar surface area (TPSA) is 91.8 Å². The van der Waals surface area contributed by atoms with Crippen LogP contribution in [0.2, 0.25) is 0 Å². The van der Waals surface area contributed by atoms with Gasteiger partial charge in [-0.2, -0.15) is 13.2 Å². The highest BCUT2D eigenvalue weighted by Crippen LogP contribution is 2.44. The number of alkyl halides is 2. The smallest absolute Gasteiger partial charge is 0.387 e. The Morgan fingerprint density at radius 1 is 1.29 bits per heavy atom. The van der Waals surface area contributed by atoms with Crippen molar-refractivity contribution in [2.24, 2.45) is 5.41 Å². The SMILES string of the molecule is CC1(C)CCN(c2ccc(F)c(F)c2OC(F)F)C1C(=O)Nc1ccnc(C(=O)O)c1. The predicted octanol–water partition coefficient (Wildman–Crippen LogP) is 3.90. The molecule has 1 atom stereocenters. The van der Waals surface area contributed by atoms with Crippen LogP contribution in [-0.4, -0.2) is 41.2 Å². The van der Waals surface area contributed by atoms with Gasteiger partial charge < -0.3 is 20.1 Å². The van der Waals surface area contributed by atoms with E-state index in [4.69, 9.17) is 5.11 Å². The molecule has 2 aromatic rings. The zero-order valence-corrected chi connectivity index (χ0v) is 16.5. The van der Waals surface area contributed by atoms with Gasteiger partial charge in [0.1, 0.15) is 11.7 Å². The summed E-state index contributed by atoms with van der Waals surface area (Å²) in [7, 11) is 0. The third-order valence-electron chi connectivity index (χ3n) is 5.09. The number of hydrogen-bond acceptors (Lipinski definition) is 5. The number of aromatic carboxylic acids is 1. The van der Waals surface area contributed by atoms with Crippen LogP contribution in [0.25, 0.3) is 0 Å². The number of benzene rings is 1. The van der Waals surface area contributed by atoms with Gasteiger partial charge in [-0.1, -0.05) is 13.8 Å². The number of halogens is 4. The summed E-state index contributed by atoms with van der Waals surface area (Å²) in [6.45, 7) is 0.316. The summed E-state index contributed by atoms with van der Waals surface area (Å²) in [5.74, 6) is -5.80. The van der Waals surface area contributed by atoms with Gasteiger partial charge in [0, 0.05) is 18.4 Å². The number of carboxylic acids is 1. The van der Waals surface area contributed by atoms with Crippen molar-refractivity contribution in [3.8, 4) is 5.75 Å². The summed E-state index contributed by atoms with van der Waals surface area (Å²) in [6.07, 6.45) is 1.65. The van der Waals surface area contributed by atoms with Crippen molar-refractivity contribution in [3.05, 3.63) is 47.8 Å². The van der Waals surface area contributed by atoms with E-state index in [0.29, 0.717) is 6.42 Å². The van der Waals surface area contributed by atoms with E-state index in [1.54, 1.807) is 13.8 Å². The fraction of sp³-hybridized carbons (Fsp3) is 0.350. The third-order valence-corrected chi connectivity index (χ3v) is 5.09. The number of rotatable bonds is 6. The largest absolute Gasteiger partial charge is 0.477 e. The number of ether oxygens (including phenoxy) is 1. The molecule has 1 saturated heterocycles. The van der Waals surface area contributed by atoms with Crippen molar-refractivity contribution in [2.75, 3.05) is 16.8 Å². The molecule has 0 saturated carbocycles. The summed E-state index contributed by atoms with van der Waals surface area (Å²) >= 11 is 0. The van der Waals surface area contributed by atoms with Gasteiger partial charge in [0.05, 0.1) is 5.69 Å². The minimum atomic E-state index is -3.40.